The first-order valence-electron chi connectivity index (χ1n) is 8.64. The zero-order chi connectivity index (χ0) is 17.4. The van der Waals surface area contributed by atoms with Crippen molar-refractivity contribution in [1.82, 2.24) is 14.8 Å². The average Bonchev–Trinajstić information content (AvgIpc) is 2.89. The molecule has 2 N–H and O–H groups in total. The van der Waals surface area contributed by atoms with Crippen LogP contribution >= 0.6 is 11.3 Å². The van der Waals surface area contributed by atoms with Gasteiger partial charge in [0.05, 0.1) is 16.4 Å². The van der Waals surface area contributed by atoms with Gasteiger partial charge in [-0.25, -0.2) is 9.98 Å². The minimum Gasteiger partial charge on any atom is -0.396 e. The molecule has 7 heteroatoms. The Hall–Kier alpha value is -1.96. The van der Waals surface area contributed by atoms with Gasteiger partial charge in [-0.15, -0.1) is 11.3 Å². The molecule has 0 amide bonds. The second-order valence-electron chi connectivity index (χ2n) is 6.58. The molecule has 132 valence electrons. The van der Waals surface area contributed by atoms with Crippen LogP contribution in [0.25, 0.3) is 0 Å². The first kappa shape index (κ1) is 16.5. The van der Waals surface area contributed by atoms with Crippen LogP contribution in [0.2, 0.25) is 0 Å². The van der Waals surface area contributed by atoms with E-state index < -0.39 is 0 Å². The zero-order valence-corrected chi connectivity index (χ0v) is 15.4. The van der Waals surface area contributed by atoms with Gasteiger partial charge in [0, 0.05) is 32.3 Å². The lowest BCUT2D eigenvalue weighted by molar-refractivity contribution is 0.115. The number of aliphatic hydroxyl groups excluding tert-OH is 1. The van der Waals surface area contributed by atoms with E-state index in [9.17, 15) is 5.11 Å². The largest absolute Gasteiger partial charge is 0.396 e. The first-order valence-corrected chi connectivity index (χ1v) is 9.46. The molecule has 0 radical (unpaired) electrons. The molecule has 2 aromatic rings. The molecule has 1 saturated heterocycles. The molecule has 1 aromatic heterocycles. The van der Waals surface area contributed by atoms with Crippen molar-refractivity contribution in [3.63, 3.8) is 0 Å². The van der Waals surface area contributed by atoms with Crippen LogP contribution in [0.4, 0.5) is 16.4 Å². The number of aliphatic hydroxyl groups is 1. The molecule has 0 spiro atoms. The maximum absolute atomic E-state index is 9.37. The number of piperazine rings is 1. The number of hydrogen-bond acceptors (Lipinski definition) is 7. The number of para-hydroxylation sites is 2. The molecular weight excluding hydrogens is 334 g/mol. The number of hydrogen-bond donors (Lipinski definition) is 2. The third-order valence-electron chi connectivity index (χ3n) is 4.86. The number of likely N-dealkylation sites (N-methyl/N-ethyl adjacent to an activating group) is 1. The summed E-state index contributed by atoms with van der Waals surface area (Å²) in [5.41, 5.74) is 2.90. The van der Waals surface area contributed by atoms with Gasteiger partial charge in [0.15, 0.2) is 5.84 Å². The Morgan fingerprint density at radius 1 is 1.32 bits per heavy atom. The summed E-state index contributed by atoms with van der Waals surface area (Å²) in [5.74, 6) is 0.938. The van der Waals surface area contributed by atoms with Crippen LogP contribution in [0.15, 0.2) is 29.3 Å². The van der Waals surface area contributed by atoms with Crippen molar-refractivity contribution < 1.29 is 5.11 Å². The summed E-state index contributed by atoms with van der Waals surface area (Å²) in [5, 5.41) is 15.0. The van der Waals surface area contributed by atoms with E-state index >= 15 is 0 Å². The lowest BCUT2D eigenvalue weighted by atomic mass is 10.1. The molecule has 6 nitrogen and oxygen atoms in total. The van der Waals surface area contributed by atoms with Gasteiger partial charge in [-0.2, -0.15) is 0 Å². The number of nitrogens with one attached hydrogen (secondary N) is 1. The minimum absolute atomic E-state index is 0.209. The highest BCUT2D eigenvalue weighted by molar-refractivity contribution is 7.16. The molecule has 1 fully saturated rings. The molecule has 0 aliphatic carbocycles. The van der Waals surface area contributed by atoms with Gasteiger partial charge in [-0.05, 0) is 32.5 Å². The summed E-state index contributed by atoms with van der Waals surface area (Å²) in [6, 6.07) is 8.45. The van der Waals surface area contributed by atoms with E-state index in [0.29, 0.717) is 6.04 Å². The molecule has 25 heavy (non-hydrogen) atoms. The number of thiazole rings is 1. The Labute approximate surface area is 151 Å². The first-order chi connectivity index (χ1) is 12.2. The maximum atomic E-state index is 9.37. The summed E-state index contributed by atoms with van der Waals surface area (Å²) in [4.78, 5) is 14.4. The van der Waals surface area contributed by atoms with E-state index in [2.05, 4.69) is 28.2 Å². The minimum atomic E-state index is 0.209. The van der Waals surface area contributed by atoms with E-state index in [1.807, 2.05) is 25.1 Å². The predicted octanol–water partition coefficient (Wildman–Crippen LogP) is 2.59. The molecule has 3 heterocycles. The zero-order valence-electron chi connectivity index (χ0n) is 14.6. The normalized spacial score (nSPS) is 20.4. The number of aromatic nitrogens is 1. The SMILES string of the molecule is Cc1nc2c(s1)Nc1ccccc1N=C2N1CCN(C)C(CCO)C1. The van der Waals surface area contributed by atoms with Crippen LogP contribution in [-0.2, 0) is 0 Å². The topological polar surface area (TPSA) is 64.0 Å². The number of amidine groups is 1. The number of aryl methyl sites for hydroxylation is 1. The van der Waals surface area contributed by atoms with Crippen LogP contribution in [0.3, 0.4) is 0 Å². The van der Waals surface area contributed by atoms with Crippen molar-refractivity contribution in [1.29, 1.82) is 0 Å². The number of fused-ring (bicyclic) bond motifs is 2. The van der Waals surface area contributed by atoms with Gasteiger partial charge >= 0.3 is 0 Å². The highest BCUT2D eigenvalue weighted by Crippen LogP contribution is 2.37. The number of benzene rings is 1. The monoisotopic (exact) mass is 357 g/mol. The average molecular weight is 357 g/mol. The van der Waals surface area contributed by atoms with Gasteiger partial charge < -0.3 is 15.3 Å². The molecule has 1 aromatic carbocycles. The van der Waals surface area contributed by atoms with E-state index in [1.165, 1.54) is 0 Å². The second kappa shape index (κ2) is 6.74. The molecule has 1 atom stereocenters. The van der Waals surface area contributed by atoms with Crippen molar-refractivity contribution in [3.8, 4) is 0 Å². The lowest BCUT2D eigenvalue weighted by Crippen LogP contribution is -2.53. The summed E-state index contributed by atoms with van der Waals surface area (Å²) in [6.07, 6.45) is 0.776. The summed E-state index contributed by atoms with van der Waals surface area (Å²) in [6.45, 7) is 4.96. The second-order valence-corrected chi connectivity index (χ2v) is 7.78. The molecule has 4 rings (SSSR count). The van der Waals surface area contributed by atoms with Crippen molar-refractivity contribution in [3.05, 3.63) is 35.0 Å². The summed E-state index contributed by atoms with van der Waals surface area (Å²) < 4.78 is 0. The highest BCUT2D eigenvalue weighted by atomic mass is 32.1. The highest BCUT2D eigenvalue weighted by Gasteiger charge is 2.30. The van der Waals surface area contributed by atoms with Crippen LogP contribution in [0.1, 0.15) is 17.1 Å². The standard InChI is InChI=1S/C18H23N5OS/c1-12-19-16-17(23-9-8-22(2)13(11-23)7-10-24)20-14-5-3-4-6-15(14)21-18(16)25-12/h3-6,13,21,24H,7-11H2,1-2H3. The van der Waals surface area contributed by atoms with Crippen LogP contribution in [-0.4, -0.2) is 65.1 Å². The molecule has 2 aliphatic rings. The lowest BCUT2D eigenvalue weighted by Gasteiger charge is -2.40. The molecule has 0 bridgehead atoms. The molecular formula is C18H23N5OS. The summed E-state index contributed by atoms with van der Waals surface area (Å²) >= 11 is 1.67. The Bertz CT molecular complexity index is 803. The molecule has 2 aliphatic heterocycles. The Morgan fingerprint density at radius 2 is 2.16 bits per heavy atom. The van der Waals surface area contributed by atoms with Gasteiger partial charge in [0.25, 0.3) is 0 Å². The Morgan fingerprint density at radius 3 is 3.00 bits per heavy atom. The van der Waals surface area contributed by atoms with Gasteiger partial charge in [0.1, 0.15) is 10.7 Å². The van der Waals surface area contributed by atoms with Gasteiger partial charge in [-0.1, -0.05) is 12.1 Å². The third-order valence-corrected chi connectivity index (χ3v) is 5.75. The fraction of sp³-hybridized carbons (Fsp3) is 0.444. The molecule has 0 saturated carbocycles. The predicted molar refractivity (Wildman–Crippen MR) is 102 cm³/mol. The van der Waals surface area contributed by atoms with E-state index in [0.717, 1.165) is 59.0 Å². The van der Waals surface area contributed by atoms with Gasteiger partial charge in [-0.3, -0.25) is 4.90 Å². The quantitative estimate of drug-likeness (QED) is 0.865. The van der Waals surface area contributed by atoms with Crippen LogP contribution < -0.4 is 5.32 Å². The Balaban J connectivity index is 1.75. The van der Waals surface area contributed by atoms with E-state index in [4.69, 9.17) is 9.98 Å². The number of nitrogens with zero attached hydrogens (tertiary/aromatic N) is 4. The van der Waals surface area contributed by atoms with Gasteiger partial charge in [0.2, 0.25) is 0 Å². The van der Waals surface area contributed by atoms with Crippen LogP contribution in [0.5, 0.6) is 0 Å². The number of aliphatic imine (C=N–C) groups is 1. The maximum Gasteiger partial charge on any atom is 0.158 e. The number of rotatable bonds is 2. The summed E-state index contributed by atoms with van der Waals surface area (Å²) in [7, 11) is 2.13. The smallest absolute Gasteiger partial charge is 0.158 e. The van der Waals surface area contributed by atoms with E-state index in [1.54, 1.807) is 11.3 Å². The fourth-order valence-electron chi connectivity index (χ4n) is 3.45. The number of anilines is 2. The van der Waals surface area contributed by atoms with Crippen molar-refractivity contribution in [2.24, 2.45) is 4.99 Å². The molecule has 1 unspecified atom stereocenters. The fourth-order valence-corrected chi connectivity index (χ4v) is 4.28. The van der Waals surface area contributed by atoms with Crippen molar-refractivity contribution in [2.45, 2.75) is 19.4 Å². The van der Waals surface area contributed by atoms with Crippen molar-refractivity contribution >= 4 is 33.5 Å². The third kappa shape index (κ3) is 3.15. The van der Waals surface area contributed by atoms with Crippen molar-refractivity contribution in [2.75, 3.05) is 38.6 Å². The van der Waals surface area contributed by atoms with E-state index in [-0.39, 0.29) is 6.61 Å². The van der Waals surface area contributed by atoms with Crippen LogP contribution in [0, 0.1) is 6.92 Å². The Kier molecular flexibility index (Phi) is 4.45.